The van der Waals surface area contributed by atoms with Crippen LogP contribution in [0.15, 0.2) is 42.5 Å². The molecule has 0 amide bonds. The van der Waals surface area contributed by atoms with Crippen molar-refractivity contribution in [1.82, 2.24) is 0 Å². The van der Waals surface area contributed by atoms with E-state index in [4.69, 9.17) is 25.8 Å². The van der Waals surface area contributed by atoms with Gasteiger partial charge in [0.15, 0.2) is 11.5 Å². The number of methoxy groups -OCH3 is 2. The van der Waals surface area contributed by atoms with Crippen LogP contribution in [0.4, 0.5) is 0 Å². The van der Waals surface area contributed by atoms with E-state index in [9.17, 15) is 0 Å². The van der Waals surface area contributed by atoms with Crippen molar-refractivity contribution in [3.63, 3.8) is 0 Å². The molecule has 0 fully saturated rings. The van der Waals surface area contributed by atoms with Crippen LogP contribution in [0, 0.1) is 0 Å². The minimum Gasteiger partial charge on any atom is -0.494 e. The van der Waals surface area contributed by atoms with Crippen LogP contribution in [0.25, 0.3) is 11.1 Å². The molecule has 0 aliphatic carbocycles. The zero-order valence-corrected chi connectivity index (χ0v) is 13.7. The Labute approximate surface area is 136 Å². The van der Waals surface area contributed by atoms with Crippen molar-refractivity contribution >= 4 is 22.7 Å². The molecule has 2 aromatic rings. The van der Waals surface area contributed by atoms with E-state index < -0.39 is 0 Å². The maximum absolute atomic E-state index is 6.40. The van der Waals surface area contributed by atoms with E-state index in [1.54, 1.807) is 14.2 Å². The van der Waals surface area contributed by atoms with Crippen molar-refractivity contribution in [1.29, 1.82) is 0 Å². The highest BCUT2D eigenvalue weighted by Gasteiger charge is 2.07. The minimum absolute atomic E-state index is 0.630. The Bertz CT molecular complexity index is 648. The van der Waals surface area contributed by atoms with E-state index in [0.717, 1.165) is 16.9 Å². The van der Waals surface area contributed by atoms with E-state index in [2.05, 4.69) is 0 Å². The van der Waals surface area contributed by atoms with Gasteiger partial charge in [0, 0.05) is 5.03 Å². The molecule has 2 aromatic carbocycles. The summed E-state index contributed by atoms with van der Waals surface area (Å²) >= 11 is 6.40. The molecular formula is C18H19ClO3. The third-order valence-electron chi connectivity index (χ3n) is 3.14. The SMILES string of the molecule is CCOc1ccc(/C=C(/Cl)c2ccc(OC)c(OC)c2)cc1. The highest BCUT2D eigenvalue weighted by atomic mass is 35.5. The highest BCUT2D eigenvalue weighted by Crippen LogP contribution is 2.32. The van der Waals surface area contributed by atoms with Crippen LogP contribution in [0.3, 0.4) is 0 Å². The Morgan fingerprint density at radius 3 is 2.27 bits per heavy atom. The average Bonchev–Trinajstić information content (AvgIpc) is 2.56. The molecule has 0 N–H and O–H groups in total. The molecule has 4 heteroatoms. The van der Waals surface area contributed by atoms with Crippen LogP contribution in [0.1, 0.15) is 18.1 Å². The predicted molar refractivity (Wildman–Crippen MR) is 90.9 cm³/mol. The maximum Gasteiger partial charge on any atom is 0.161 e. The van der Waals surface area contributed by atoms with Gasteiger partial charge in [-0.2, -0.15) is 0 Å². The number of hydrogen-bond donors (Lipinski definition) is 0. The Morgan fingerprint density at radius 1 is 1.00 bits per heavy atom. The molecule has 2 rings (SSSR count). The third kappa shape index (κ3) is 3.95. The first kappa shape index (κ1) is 16.2. The summed E-state index contributed by atoms with van der Waals surface area (Å²) in [5.74, 6) is 2.18. The first-order chi connectivity index (χ1) is 10.7. The maximum atomic E-state index is 6.40. The predicted octanol–water partition coefficient (Wildman–Crippen LogP) is 4.84. The fourth-order valence-corrected chi connectivity index (χ4v) is 2.28. The second-order valence-electron chi connectivity index (χ2n) is 4.56. The highest BCUT2D eigenvalue weighted by molar-refractivity contribution is 6.51. The van der Waals surface area contributed by atoms with Crippen molar-refractivity contribution in [2.75, 3.05) is 20.8 Å². The lowest BCUT2D eigenvalue weighted by atomic mass is 10.1. The molecule has 116 valence electrons. The third-order valence-corrected chi connectivity index (χ3v) is 3.47. The summed E-state index contributed by atoms with van der Waals surface area (Å²) in [5, 5.41) is 0.630. The Balaban J connectivity index is 2.24. The first-order valence-electron chi connectivity index (χ1n) is 7.00. The van der Waals surface area contributed by atoms with Gasteiger partial charge in [0.2, 0.25) is 0 Å². The van der Waals surface area contributed by atoms with Crippen molar-refractivity contribution in [2.24, 2.45) is 0 Å². The zero-order valence-electron chi connectivity index (χ0n) is 12.9. The smallest absolute Gasteiger partial charge is 0.161 e. The molecule has 0 spiro atoms. The van der Waals surface area contributed by atoms with E-state index in [-0.39, 0.29) is 0 Å². The van der Waals surface area contributed by atoms with Gasteiger partial charge in [-0.1, -0.05) is 23.7 Å². The molecule has 22 heavy (non-hydrogen) atoms. The van der Waals surface area contributed by atoms with E-state index in [1.807, 2.05) is 55.5 Å². The number of halogens is 1. The van der Waals surface area contributed by atoms with E-state index in [0.29, 0.717) is 23.1 Å². The average molecular weight is 319 g/mol. The summed E-state index contributed by atoms with van der Waals surface area (Å²) in [6.45, 7) is 2.61. The standard InChI is InChI=1S/C18H19ClO3/c1-4-22-15-8-5-13(6-9-15)11-16(19)14-7-10-17(20-2)18(12-14)21-3/h5-12H,4H2,1-3H3/b16-11+. The molecule has 0 bridgehead atoms. The summed E-state index contributed by atoms with van der Waals surface area (Å²) in [4.78, 5) is 0. The molecule has 0 aliphatic heterocycles. The van der Waals surface area contributed by atoms with Gasteiger partial charge in [0.25, 0.3) is 0 Å². The zero-order chi connectivity index (χ0) is 15.9. The summed E-state index contributed by atoms with van der Waals surface area (Å²) in [7, 11) is 3.21. The lowest BCUT2D eigenvalue weighted by molar-refractivity contribution is 0.340. The van der Waals surface area contributed by atoms with Crippen LogP contribution < -0.4 is 14.2 Å². The normalized spacial score (nSPS) is 11.2. The summed E-state index contributed by atoms with van der Waals surface area (Å²) < 4.78 is 15.9. The Hall–Kier alpha value is -2.13. The minimum atomic E-state index is 0.630. The quantitative estimate of drug-likeness (QED) is 0.713. The summed E-state index contributed by atoms with van der Waals surface area (Å²) in [5.41, 5.74) is 1.87. The van der Waals surface area contributed by atoms with Crippen LogP contribution in [0.5, 0.6) is 17.2 Å². The molecule has 0 saturated carbocycles. The van der Waals surface area contributed by atoms with Gasteiger partial charge in [-0.3, -0.25) is 0 Å². The van der Waals surface area contributed by atoms with Crippen LogP contribution in [0.2, 0.25) is 0 Å². The molecule has 0 heterocycles. The van der Waals surface area contributed by atoms with Crippen LogP contribution in [-0.4, -0.2) is 20.8 Å². The van der Waals surface area contributed by atoms with E-state index in [1.165, 1.54) is 0 Å². The Morgan fingerprint density at radius 2 is 1.68 bits per heavy atom. The first-order valence-corrected chi connectivity index (χ1v) is 7.38. The van der Waals surface area contributed by atoms with Gasteiger partial charge in [0.1, 0.15) is 5.75 Å². The summed E-state index contributed by atoms with van der Waals surface area (Å²) in [6, 6.07) is 13.4. The van der Waals surface area contributed by atoms with Gasteiger partial charge >= 0.3 is 0 Å². The molecular weight excluding hydrogens is 300 g/mol. The number of hydrogen-bond acceptors (Lipinski definition) is 3. The monoisotopic (exact) mass is 318 g/mol. The number of rotatable bonds is 6. The molecule has 0 atom stereocenters. The lowest BCUT2D eigenvalue weighted by Gasteiger charge is -2.09. The van der Waals surface area contributed by atoms with Gasteiger partial charge < -0.3 is 14.2 Å². The van der Waals surface area contributed by atoms with Crippen molar-refractivity contribution in [3.05, 3.63) is 53.6 Å². The fourth-order valence-electron chi connectivity index (χ4n) is 2.04. The van der Waals surface area contributed by atoms with Crippen molar-refractivity contribution in [2.45, 2.75) is 6.92 Å². The number of ether oxygens (including phenoxy) is 3. The second kappa shape index (κ2) is 7.76. The van der Waals surface area contributed by atoms with Gasteiger partial charge in [-0.15, -0.1) is 0 Å². The second-order valence-corrected chi connectivity index (χ2v) is 4.97. The molecule has 3 nitrogen and oxygen atoms in total. The topological polar surface area (TPSA) is 27.7 Å². The van der Waals surface area contributed by atoms with Crippen LogP contribution in [-0.2, 0) is 0 Å². The number of benzene rings is 2. The van der Waals surface area contributed by atoms with Crippen LogP contribution >= 0.6 is 11.6 Å². The van der Waals surface area contributed by atoms with E-state index >= 15 is 0 Å². The molecule has 0 unspecified atom stereocenters. The Kier molecular flexibility index (Phi) is 5.73. The molecule has 0 radical (unpaired) electrons. The van der Waals surface area contributed by atoms with Gasteiger partial charge in [-0.05, 0) is 54.5 Å². The van der Waals surface area contributed by atoms with Crippen molar-refractivity contribution in [3.8, 4) is 17.2 Å². The lowest BCUT2D eigenvalue weighted by Crippen LogP contribution is -1.91. The molecule has 0 aliphatic rings. The van der Waals surface area contributed by atoms with Gasteiger partial charge in [-0.25, -0.2) is 0 Å². The molecule has 0 aromatic heterocycles. The largest absolute Gasteiger partial charge is 0.494 e. The van der Waals surface area contributed by atoms with Crippen molar-refractivity contribution < 1.29 is 14.2 Å². The summed E-state index contributed by atoms with van der Waals surface area (Å²) in [6.07, 6.45) is 1.90. The fraction of sp³-hybridized carbons (Fsp3) is 0.222. The molecule has 0 saturated heterocycles. The van der Waals surface area contributed by atoms with Gasteiger partial charge in [0.05, 0.1) is 20.8 Å².